The van der Waals surface area contributed by atoms with Crippen molar-refractivity contribution in [2.24, 2.45) is 11.8 Å². The Kier molecular flexibility index (Phi) is 4.64. The second-order valence-corrected chi connectivity index (χ2v) is 10.8. The summed E-state index contributed by atoms with van der Waals surface area (Å²) in [6.07, 6.45) is 4.03. The summed E-state index contributed by atoms with van der Waals surface area (Å²) in [6.45, 7) is 8.52. The molecule has 148 valence electrons. The Balaban J connectivity index is 1.68. The van der Waals surface area contributed by atoms with Crippen molar-refractivity contribution in [3.8, 4) is 0 Å². The van der Waals surface area contributed by atoms with Crippen LogP contribution in [0.5, 0.6) is 0 Å². The van der Waals surface area contributed by atoms with E-state index in [4.69, 9.17) is 4.98 Å². The molecule has 0 radical (unpaired) electrons. The van der Waals surface area contributed by atoms with Gasteiger partial charge in [0.2, 0.25) is 11.9 Å². The van der Waals surface area contributed by atoms with Gasteiger partial charge >= 0.3 is 0 Å². The number of sulfone groups is 1. The number of aromatic nitrogens is 2. The van der Waals surface area contributed by atoms with Crippen LogP contribution in [0.4, 0.5) is 5.95 Å². The van der Waals surface area contributed by atoms with E-state index < -0.39 is 15.1 Å². The maximum absolute atomic E-state index is 12.8. The average Bonchev–Trinajstić information content (AvgIpc) is 3.07. The topological polar surface area (TPSA) is 83.5 Å². The highest BCUT2D eigenvalue weighted by molar-refractivity contribution is 7.91. The molecule has 4 heterocycles. The first-order valence-corrected chi connectivity index (χ1v) is 11.6. The molecular formula is C19H28N4O3S. The molecule has 0 N–H and O–H groups in total. The normalized spacial score (nSPS) is 29.6. The highest BCUT2D eigenvalue weighted by atomic mass is 32.2. The Labute approximate surface area is 161 Å². The van der Waals surface area contributed by atoms with Crippen molar-refractivity contribution in [1.29, 1.82) is 0 Å². The summed E-state index contributed by atoms with van der Waals surface area (Å²) in [4.78, 5) is 25.7. The van der Waals surface area contributed by atoms with Gasteiger partial charge in [0, 0.05) is 49.8 Å². The molecule has 8 heteroatoms. The van der Waals surface area contributed by atoms with E-state index >= 15 is 0 Å². The monoisotopic (exact) mass is 392 g/mol. The summed E-state index contributed by atoms with van der Waals surface area (Å²) in [5.74, 6) is 0.919. The number of carbonyl (C=O) groups excluding carboxylic acids is 1. The molecule has 0 aliphatic carbocycles. The number of anilines is 1. The predicted molar refractivity (Wildman–Crippen MR) is 103 cm³/mol. The van der Waals surface area contributed by atoms with Crippen LogP contribution in [0, 0.1) is 11.8 Å². The van der Waals surface area contributed by atoms with Crippen LogP contribution in [0.2, 0.25) is 0 Å². The molecule has 3 aliphatic heterocycles. The second-order valence-electron chi connectivity index (χ2n) is 8.62. The van der Waals surface area contributed by atoms with E-state index in [-0.39, 0.29) is 30.0 Å². The lowest BCUT2D eigenvalue weighted by atomic mass is 9.99. The van der Waals surface area contributed by atoms with Crippen molar-refractivity contribution in [1.82, 2.24) is 14.9 Å². The largest absolute Gasteiger partial charge is 0.341 e. The van der Waals surface area contributed by atoms with Crippen molar-refractivity contribution in [2.75, 3.05) is 31.1 Å². The number of piperidine rings is 1. The van der Waals surface area contributed by atoms with E-state index in [0.717, 1.165) is 25.2 Å². The van der Waals surface area contributed by atoms with E-state index in [9.17, 15) is 13.2 Å². The van der Waals surface area contributed by atoms with Gasteiger partial charge in [-0.1, -0.05) is 20.8 Å². The van der Waals surface area contributed by atoms with Gasteiger partial charge in [0.05, 0.1) is 16.7 Å². The number of fused-ring (bicyclic) bond motifs is 3. The quantitative estimate of drug-likeness (QED) is 0.760. The van der Waals surface area contributed by atoms with Crippen molar-refractivity contribution in [3.63, 3.8) is 0 Å². The van der Waals surface area contributed by atoms with Crippen molar-refractivity contribution in [2.45, 2.75) is 50.5 Å². The third kappa shape index (κ3) is 3.32. The number of nitrogens with zero attached hydrogens (tertiary/aromatic N) is 4. The van der Waals surface area contributed by atoms with Crippen LogP contribution in [0.15, 0.2) is 6.20 Å². The Morgan fingerprint density at radius 1 is 1.26 bits per heavy atom. The molecule has 3 atom stereocenters. The number of rotatable bonds is 2. The molecule has 1 amide bonds. The standard InChI is InChI=1S/C19H28N4O3S/c1-12(2)18(24)23-9-15-16(10-23)27(25,26)11-14-7-20-19(21-17(14)15)22-6-4-5-13(3)8-22/h7,12-13,15-16H,4-6,8-11H2,1-3H3/t13-,15+,16-/m1/s1. The van der Waals surface area contributed by atoms with E-state index in [1.807, 2.05) is 13.8 Å². The molecule has 2 fully saturated rings. The van der Waals surface area contributed by atoms with Crippen LogP contribution in [0.3, 0.4) is 0 Å². The molecule has 2 saturated heterocycles. The maximum atomic E-state index is 12.8. The summed E-state index contributed by atoms with van der Waals surface area (Å²) in [6, 6.07) is 0. The molecule has 1 aromatic heterocycles. The zero-order valence-electron chi connectivity index (χ0n) is 16.3. The Bertz CT molecular complexity index is 855. The second kappa shape index (κ2) is 6.72. The highest BCUT2D eigenvalue weighted by Gasteiger charge is 2.48. The van der Waals surface area contributed by atoms with Crippen molar-refractivity contribution in [3.05, 3.63) is 17.5 Å². The van der Waals surface area contributed by atoms with Gasteiger partial charge in [-0.05, 0) is 18.8 Å². The molecule has 27 heavy (non-hydrogen) atoms. The number of hydrogen-bond donors (Lipinski definition) is 0. The third-order valence-corrected chi connectivity index (χ3v) is 8.18. The van der Waals surface area contributed by atoms with Crippen LogP contribution < -0.4 is 4.90 Å². The Morgan fingerprint density at radius 3 is 2.74 bits per heavy atom. The fourth-order valence-electron chi connectivity index (χ4n) is 4.64. The Morgan fingerprint density at radius 2 is 2.04 bits per heavy atom. The van der Waals surface area contributed by atoms with Gasteiger partial charge in [0.1, 0.15) is 0 Å². The van der Waals surface area contributed by atoms with Gasteiger partial charge in [-0.2, -0.15) is 0 Å². The lowest BCUT2D eigenvalue weighted by molar-refractivity contribution is -0.133. The minimum atomic E-state index is -3.30. The average molecular weight is 393 g/mol. The molecule has 0 unspecified atom stereocenters. The smallest absolute Gasteiger partial charge is 0.225 e. The minimum absolute atomic E-state index is 0.0142. The van der Waals surface area contributed by atoms with Gasteiger partial charge < -0.3 is 9.80 Å². The summed E-state index contributed by atoms with van der Waals surface area (Å²) in [5, 5.41) is -0.546. The number of amides is 1. The molecule has 0 aromatic carbocycles. The molecular weight excluding hydrogens is 364 g/mol. The minimum Gasteiger partial charge on any atom is -0.341 e. The van der Waals surface area contributed by atoms with Gasteiger partial charge in [-0.25, -0.2) is 18.4 Å². The highest BCUT2D eigenvalue weighted by Crippen LogP contribution is 2.40. The number of hydrogen-bond acceptors (Lipinski definition) is 6. The van der Waals surface area contributed by atoms with Crippen LogP contribution in [-0.4, -0.2) is 60.6 Å². The summed E-state index contributed by atoms with van der Waals surface area (Å²) >= 11 is 0. The summed E-state index contributed by atoms with van der Waals surface area (Å²) in [7, 11) is -3.30. The van der Waals surface area contributed by atoms with Gasteiger partial charge in [-0.15, -0.1) is 0 Å². The van der Waals surface area contributed by atoms with Crippen LogP contribution in [0.1, 0.15) is 50.8 Å². The van der Waals surface area contributed by atoms with E-state index in [0.29, 0.717) is 24.0 Å². The zero-order chi connectivity index (χ0) is 19.3. The molecule has 4 rings (SSSR count). The van der Waals surface area contributed by atoms with E-state index in [1.54, 1.807) is 11.1 Å². The lowest BCUT2D eigenvalue weighted by Crippen LogP contribution is -2.38. The molecule has 0 saturated carbocycles. The van der Waals surface area contributed by atoms with Gasteiger partial charge in [-0.3, -0.25) is 4.79 Å². The molecule has 0 bridgehead atoms. The summed E-state index contributed by atoms with van der Waals surface area (Å²) < 4.78 is 25.6. The first kappa shape index (κ1) is 18.7. The fourth-order valence-corrected chi connectivity index (χ4v) is 6.63. The first-order valence-electron chi connectivity index (χ1n) is 9.87. The lowest BCUT2D eigenvalue weighted by Gasteiger charge is -2.32. The molecule has 7 nitrogen and oxygen atoms in total. The van der Waals surface area contributed by atoms with Gasteiger partial charge in [0.15, 0.2) is 9.84 Å². The van der Waals surface area contributed by atoms with Crippen molar-refractivity contribution >= 4 is 21.7 Å². The van der Waals surface area contributed by atoms with E-state index in [2.05, 4.69) is 16.8 Å². The molecule has 3 aliphatic rings. The van der Waals surface area contributed by atoms with Crippen LogP contribution in [0.25, 0.3) is 0 Å². The molecule has 1 aromatic rings. The maximum Gasteiger partial charge on any atom is 0.225 e. The predicted octanol–water partition coefficient (Wildman–Crippen LogP) is 1.59. The number of carbonyl (C=O) groups is 1. The van der Waals surface area contributed by atoms with Crippen LogP contribution in [-0.2, 0) is 20.4 Å². The third-order valence-electron chi connectivity index (χ3n) is 6.07. The Hall–Kier alpha value is -1.70. The van der Waals surface area contributed by atoms with Gasteiger partial charge in [0.25, 0.3) is 0 Å². The first-order chi connectivity index (χ1) is 12.8. The summed E-state index contributed by atoms with van der Waals surface area (Å²) in [5.41, 5.74) is 1.53. The van der Waals surface area contributed by atoms with Crippen molar-refractivity contribution < 1.29 is 13.2 Å². The SMILES string of the molecule is CC(C)C(=O)N1C[C@@H]2c3nc(N4CCC[C@@H](C)C4)ncc3CS(=O)(=O)[C@@H]2C1. The molecule has 0 spiro atoms. The zero-order valence-corrected chi connectivity index (χ0v) is 17.1. The van der Waals surface area contributed by atoms with E-state index in [1.165, 1.54) is 6.42 Å². The fraction of sp³-hybridized carbons (Fsp3) is 0.737. The number of likely N-dealkylation sites (tertiary alicyclic amines) is 1. The van der Waals surface area contributed by atoms with Crippen LogP contribution >= 0.6 is 0 Å².